The average molecular weight is 369 g/mol. The average Bonchev–Trinajstić information content (AvgIpc) is 2.91. The highest BCUT2D eigenvalue weighted by Crippen LogP contribution is 2.29. The van der Waals surface area contributed by atoms with Crippen LogP contribution in [0.5, 0.6) is 0 Å². The van der Waals surface area contributed by atoms with Crippen molar-refractivity contribution in [3.63, 3.8) is 0 Å². The molecule has 0 atom stereocenters. The number of para-hydroxylation sites is 1. The Morgan fingerprint density at radius 3 is 2.76 bits per heavy atom. The first-order valence-corrected chi connectivity index (χ1v) is 7.03. The first-order valence-electron chi connectivity index (χ1n) is 5.86. The summed E-state index contributed by atoms with van der Waals surface area (Å²) in [4.78, 5) is 0. The van der Waals surface area contributed by atoms with Gasteiger partial charge in [-0.2, -0.15) is 4.68 Å². The van der Waals surface area contributed by atoms with Gasteiger partial charge in [0.2, 0.25) is 0 Å². The fourth-order valence-electron chi connectivity index (χ4n) is 1.88. The number of benzene rings is 2. The molecule has 0 aliphatic rings. The normalized spacial score (nSPS) is 10.8. The quantitative estimate of drug-likeness (QED) is 0.703. The molecule has 0 aliphatic heterocycles. The standard InChI is InChI=1S/C13H8BrClFN5/c14-8-2-1-3-10(16)12(8)21-13(18-19-20-21)7-4-5-11(17)9(15)6-7/h1-6H,17H2. The van der Waals surface area contributed by atoms with Gasteiger partial charge in [-0.15, -0.1) is 5.10 Å². The summed E-state index contributed by atoms with van der Waals surface area (Å²) in [7, 11) is 0. The lowest BCUT2D eigenvalue weighted by atomic mass is 10.2. The Morgan fingerprint density at radius 1 is 1.24 bits per heavy atom. The van der Waals surface area contributed by atoms with E-state index in [4.69, 9.17) is 17.3 Å². The maximum absolute atomic E-state index is 14.1. The molecule has 0 aliphatic carbocycles. The lowest BCUT2D eigenvalue weighted by Crippen LogP contribution is -2.04. The van der Waals surface area contributed by atoms with Crippen molar-refractivity contribution in [1.82, 2.24) is 20.2 Å². The van der Waals surface area contributed by atoms with Crippen LogP contribution in [-0.2, 0) is 0 Å². The third kappa shape index (κ3) is 2.50. The molecular formula is C13H8BrClFN5. The first-order chi connectivity index (χ1) is 10.1. The summed E-state index contributed by atoms with van der Waals surface area (Å²) in [6.07, 6.45) is 0. The maximum atomic E-state index is 14.1. The van der Waals surface area contributed by atoms with Gasteiger partial charge in [0, 0.05) is 10.0 Å². The van der Waals surface area contributed by atoms with E-state index in [1.165, 1.54) is 10.7 Å². The number of anilines is 1. The molecule has 0 bridgehead atoms. The summed E-state index contributed by atoms with van der Waals surface area (Å²) in [5.41, 5.74) is 6.99. The van der Waals surface area contributed by atoms with Gasteiger partial charge in [-0.05, 0) is 56.7 Å². The minimum absolute atomic E-state index is 0.227. The SMILES string of the molecule is Nc1ccc(-c2nnnn2-c2c(F)cccc2Br)cc1Cl. The van der Waals surface area contributed by atoms with Crippen molar-refractivity contribution < 1.29 is 4.39 Å². The van der Waals surface area contributed by atoms with Gasteiger partial charge in [0.15, 0.2) is 5.82 Å². The number of nitrogens with zero attached hydrogens (tertiary/aromatic N) is 4. The summed E-state index contributed by atoms with van der Waals surface area (Å²) in [6.45, 7) is 0. The molecule has 21 heavy (non-hydrogen) atoms. The lowest BCUT2D eigenvalue weighted by molar-refractivity contribution is 0.606. The first kappa shape index (κ1) is 14.0. The molecule has 3 rings (SSSR count). The van der Waals surface area contributed by atoms with Crippen LogP contribution in [0.4, 0.5) is 10.1 Å². The van der Waals surface area contributed by atoms with Crippen molar-refractivity contribution in [3.05, 3.63) is 51.7 Å². The van der Waals surface area contributed by atoms with E-state index in [0.717, 1.165) is 0 Å². The zero-order chi connectivity index (χ0) is 15.0. The van der Waals surface area contributed by atoms with E-state index >= 15 is 0 Å². The van der Waals surface area contributed by atoms with Crippen molar-refractivity contribution in [2.24, 2.45) is 0 Å². The smallest absolute Gasteiger partial charge is 0.187 e. The molecular weight excluding hydrogens is 361 g/mol. The van der Waals surface area contributed by atoms with E-state index in [9.17, 15) is 4.39 Å². The Labute approximate surface area is 132 Å². The molecule has 0 spiro atoms. The van der Waals surface area contributed by atoms with Crippen LogP contribution in [0.3, 0.4) is 0 Å². The Morgan fingerprint density at radius 2 is 2.05 bits per heavy atom. The van der Waals surface area contributed by atoms with E-state index in [1.807, 2.05) is 0 Å². The highest BCUT2D eigenvalue weighted by Gasteiger charge is 2.17. The molecule has 0 fully saturated rings. The largest absolute Gasteiger partial charge is 0.398 e. The van der Waals surface area contributed by atoms with Crippen LogP contribution in [0.25, 0.3) is 17.1 Å². The van der Waals surface area contributed by atoms with E-state index in [1.54, 1.807) is 30.3 Å². The van der Waals surface area contributed by atoms with Crippen molar-refractivity contribution in [1.29, 1.82) is 0 Å². The predicted octanol–water partition coefficient (Wildman–Crippen LogP) is 3.47. The highest BCUT2D eigenvalue weighted by atomic mass is 79.9. The minimum Gasteiger partial charge on any atom is -0.398 e. The highest BCUT2D eigenvalue weighted by molar-refractivity contribution is 9.10. The zero-order valence-corrected chi connectivity index (χ0v) is 12.8. The number of nitrogens with two attached hydrogens (primary N) is 1. The molecule has 1 heterocycles. The number of rotatable bonds is 2. The van der Waals surface area contributed by atoms with Crippen molar-refractivity contribution in [3.8, 4) is 17.1 Å². The molecule has 106 valence electrons. The lowest BCUT2D eigenvalue weighted by Gasteiger charge is -2.08. The fraction of sp³-hybridized carbons (Fsp3) is 0. The van der Waals surface area contributed by atoms with Crippen LogP contribution in [0.2, 0.25) is 5.02 Å². The zero-order valence-electron chi connectivity index (χ0n) is 10.5. The second-order valence-electron chi connectivity index (χ2n) is 4.22. The fourth-order valence-corrected chi connectivity index (χ4v) is 2.57. The van der Waals surface area contributed by atoms with E-state index in [-0.39, 0.29) is 5.69 Å². The summed E-state index contributed by atoms with van der Waals surface area (Å²) < 4.78 is 15.9. The van der Waals surface area contributed by atoms with Gasteiger partial charge in [0.25, 0.3) is 0 Å². The van der Waals surface area contributed by atoms with Crippen LogP contribution in [0.1, 0.15) is 0 Å². The number of aromatic nitrogens is 4. The summed E-state index contributed by atoms with van der Waals surface area (Å²) in [5, 5.41) is 11.8. The molecule has 5 nitrogen and oxygen atoms in total. The number of tetrazole rings is 1. The third-order valence-corrected chi connectivity index (χ3v) is 3.84. The predicted molar refractivity (Wildman–Crippen MR) is 81.7 cm³/mol. The van der Waals surface area contributed by atoms with E-state index in [2.05, 4.69) is 31.5 Å². The number of hydrogen-bond acceptors (Lipinski definition) is 4. The molecule has 0 unspecified atom stereocenters. The number of halogens is 3. The van der Waals surface area contributed by atoms with Gasteiger partial charge in [0.1, 0.15) is 11.5 Å². The maximum Gasteiger partial charge on any atom is 0.187 e. The summed E-state index contributed by atoms with van der Waals surface area (Å²) in [6, 6.07) is 9.63. The minimum atomic E-state index is -0.445. The molecule has 0 saturated heterocycles. The Kier molecular flexibility index (Phi) is 3.60. The molecule has 0 radical (unpaired) electrons. The van der Waals surface area contributed by atoms with Gasteiger partial charge >= 0.3 is 0 Å². The topological polar surface area (TPSA) is 69.6 Å². The second-order valence-corrected chi connectivity index (χ2v) is 5.48. The van der Waals surface area contributed by atoms with Gasteiger partial charge in [-0.3, -0.25) is 0 Å². The Balaban J connectivity index is 2.20. The van der Waals surface area contributed by atoms with Crippen LogP contribution >= 0.6 is 27.5 Å². The molecule has 2 aromatic carbocycles. The van der Waals surface area contributed by atoms with E-state index < -0.39 is 5.82 Å². The number of hydrogen-bond donors (Lipinski definition) is 1. The van der Waals surface area contributed by atoms with Crippen molar-refractivity contribution in [2.75, 3.05) is 5.73 Å². The Hall–Kier alpha value is -1.99. The van der Waals surface area contributed by atoms with Gasteiger partial charge in [-0.25, -0.2) is 4.39 Å². The molecule has 1 aromatic heterocycles. The summed E-state index contributed by atoms with van der Waals surface area (Å²) in [5.74, 6) is -0.0813. The third-order valence-electron chi connectivity index (χ3n) is 2.88. The van der Waals surface area contributed by atoms with Gasteiger partial charge in [-0.1, -0.05) is 17.7 Å². The molecule has 0 amide bonds. The number of nitrogen functional groups attached to an aromatic ring is 1. The van der Waals surface area contributed by atoms with Crippen LogP contribution < -0.4 is 5.73 Å². The monoisotopic (exact) mass is 367 g/mol. The van der Waals surface area contributed by atoms with Crippen molar-refractivity contribution >= 4 is 33.2 Å². The molecule has 3 aromatic rings. The Bertz CT molecular complexity index is 800. The molecule has 2 N–H and O–H groups in total. The van der Waals surface area contributed by atoms with Crippen molar-refractivity contribution in [2.45, 2.75) is 0 Å². The summed E-state index contributed by atoms with van der Waals surface area (Å²) >= 11 is 9.30. The second kappa shape index (κ2) is 5.42. The molecule has 0 saturated carbocycles. The van der Waals surface area contributed by atoms with Crippen LogP contribution in [-0.4, -0.2) is 20.2 Å². The van der Waals surface area contributed by atoms with E-state index in [0.29, 0.717) is 26.6 Å². The molecule has 8 heteroatoms. The van der Waals surface area contributed by atoms with Gasteiger partial charge < -0.3 is 5.73 Å². The van der Waals surface area contributed by atoms with Crippen LogP contribution in [0.15, 0.2) is 40.9 Å². The van der Waals surface area contributed by atoms with Gasteiger partial charge in [0.05, 0.1) is 10.7 Å². The van der Waals surface area contributed by atoms with Crippen LogP contribution in [0, 0.1) is 5.82 Å².